The fourth-order valence-corrected chi connectivity index (χ4v) is 3.07. The first-order chi connectivity index (χ1) is 8.17. The Labute approximate surface area is 112 Å². The fourth-order valence-electron chi connectivity index (χ4n) is 3.07. The van der Waals surface area contributed by atoms with Crippen molar-refractivity contribution in [3.63, 3.8) is 0 Å². The summed E-state index contributed by atoms with van der Waals surface area (Å²) in [7, 11) is 0. The topological polar surface area (TPSA) is 20.2 Å². The molecule has 0 unspecified atom stereocenters. The van der Waals surface area contributed by atoms with Crippen LogP contribution in [0.25, 0.3) is 0 Å². The van der Waals surface area contributed by atoms with Crippen molar-refractivity contribution >= 4 is 0 Å². The average Bonchev–Trinajstić information content (AvgIpc) is 2.20. The summed E-state index contributed by atoms with van der Waals surface area (Å²) in [5, 5.41) is 11.0. The summed E-state index contributed by atoms with van der Waals surface area (Å²) in [6.07, 6.45) is 2.61. The highest BCUT2D eigenvalue weighted by molar-refractivity contribution is 5.39. The van der Waals surface area contributed by atoms with Crippen molar-refractivity contribution in [1.29, 1.82) is 0 Å². The van der Waals surface area contributed by atoms with Crippen LogP contribution in [0.1, 0.15) is 53.9 Å². The molecule has 1 N–H and O–H groups in total. The first kappa shape index (κ1) is 15.2. The molecule has 102 valence electrons. The maximum atomic E-state index is 11.0. The van der Waals surface area contributed by atoms with Crippen LogP contribution in [-0.2, 0) is 0 Å². The highest BCUT2D eigenvalue weighted by atomic mass is 16.3. The van der Waals surface area contributed by atoms with Gasteiger partial charge in [0.15, 0.2) is 0 Å². The molecule has 1 heteroatoms. The van der Waals surface area contributed by atoms with Crippen LogP contribution in [-0.4, -0.2) is 10.7 Å². The third-order valence-electron chi connectivity index (χ3n) is 4.14. The second-order valence-electron chi connectivity index (χ2n) is 6.46. The van der Waals surface area contributed by atoms with Crippen LogP contribution in [0.5, 0.6) is 0 Å². The van der Waals surface area contributed by atoms with E-state index >= 15 is 0 Å². The normalized spacial score (nSPS) is 28.7. The summed E-state index contributed by atoms with van der Waals surface area (Å²) in [5.41, 5.74) is 3.95. The lowest BCUT2D eigenvalue weighted by molar-refractivity contribution is 0.0277. The Balaban J connectivity index is 3.18. The van der Waals surface area contributed by atoms with Crippen molar-refractivity contribution in [2.45, 2.75) is 59.5 Å². The minimum absolute atomic E-state index is 0.379. The fraction of sp³-hybridized carbons (Fsp3) is 0.647. The van der Waals surface area contributed by atoms with E-state index in [9.17, 15) is 5.11 Å². The minimum Gasteiger partial charge on any atom is -0.385 e. The Hall–Kier alpha value is -0.820. The summed E-state index contributed by atoms with van der Waals surface area (Å²) >= 11 is 0. The summed E-state index contributed by atoms with van der Waals surface area (Å²) < 4.78 is 0. The van der Waals surface area contributed by atoms with Crippen LogP contribution >= 0.6 is 0 Å². The molecule has 0 bridgehead atoms. The summed E-state index contributed by atoms with van der Waals surface area (Å²) in [6, 6.07) is 0. The molecule has 0 aromatic carbocycles. The second kappa shape index (κ2) is 5.44. The van der Waals surface area contributed by atoms with Crippen molar-refractivity contribution in [2.24, 2.45) is 11.8 Å². The Morgan fingerprint density at radius 3 is 2.33 bits per heavy atom. The van der Waals surface area contributed by atoms with Gasteiger partial charge in [-0.1, -0.05) is 38.2 Å². The molecule has 1 aliphatic rings. The van der Waals surface area contributed by atoms with Crippen LogP contribution in [0, 0.1) is 11.8 Å². The van der Waals surface area contributed by atoms with Gasteiger partial charge >= 0.3 is 0 Å². The largest absolute Gasteiger partial charge is 0.385 e. The van der Waals surface area contributed by atoms with E-state index in [1.54, 1.807) is 0 Å². The van der Waals surface area contributed by atoms with Gasteiger partial charge in [-0.25, -0.2) is 0 Å². The lowest BCUT2D eigenvalue weighted by Crippen LogP contribution is -2.39. The van der Waals surface area contributed by atoms with Gasteiger partial charge in [0.1, 0.15) is 0 Å². The molecule has 0 amide bonds. The lowest BCUT2D eigenvalue weighted by atomic mass is 9.68. The minimum atomic E-state index is -0.676. The maximum absolute atomic E-state index is 11.0. The summed E-state index contributed by atoms with van der Waals surface area (Å²) in [4.78, 5) is 0. The molecule has 0 saturated heterocycles. The van der Waals surface area contributed by atoms with Crippen LogP contribution in [0.3, 0.4) is 0 Å². The molecule has 18 heavy (non-hydrogen) atoms. The molecular weight excluding hydrogens is 220 g/mol. The lowest BCUT2D eigenvalue weighted by Gasteiger charge is -2.41. The molecule has 0 aliphatic heterocycles. The zero-order valence-electron chi connectivity index (χ0n) is 12.6. The second-order valence-corrected chi connectivity index (χ2v) is 6.46. The third kappa shape index (κ3) is 3.14. The van der Waals surface area contributed by atoms with Gasteiger partial charge in [0, 0.05) is 0 Å². The standard InChI is InChI=1S/C17H28O/c1-11(2)9-17(18)10-15(12(3)4)8-16(13(5)6)14(17)7/h11,15,18H,3,5,8-10H2,1-2,4,6-7H3/t15-,17-/m0/s1. The van der Waals surface area contributed by atoms with Crippen molar-refractivity contribution in [3.8, 4) is 0 Å². The average molecular weight is 248 g/mol. The molecule has 0 fully saturated rings. The Bertz CT molecular complexity index is 386. The molecule has 2 atom stereocenters. The van der Waals surface area contributed by atoms with Crippen molar-refractivity contribution in [3.05, 3.63) is 35.5 Å². The van der Waals surface area contributed by atoms with Gasteiger partial charge in [-0.2, -0.15) is 0 Å². The van der Waals surface area contributed by atoms with Crippen molar-refractivity contribution < 1.29 is 5.11 Å². The van der Waals surface area contributed by atoms with E-state index in [0.29, 0.717) is 11.8 Å². The Morgan fingerprint density at radius 1 is 1.39 bits per heavy atom. The van der Waals surface area contributed by atoms with Crippen molar-refractivity contribution in [2.75, 3.05) is 0 Å². The maximum Gasteiger partial charge on any atom is 0.0868 e. The summed E-state index contributed by atoms with van der Waals surface area (Å²) in [5.74, 6) is 0.865. The first-order valence-electron chi connectivity index (χ1n) is 6.91. The van der Waals surface area contributed by atoms with Crippen LogP contribution in [0.15, 0.2) is 35.5 Å². The molecule has 0 aromatic heterocycles. The zero-order chi connectivity index (χ0) is 14.1. The molecule has 0 radical (unpaired) electrons. The highest BCUT2D eigenvalue weighted by Crippen LogP contribution is 2.44. The number of aliphatic hydroxyl groups is 1. The number of rotatable bonds is 4. The SMILES string of the molecule is C=C(C)C1=C(C)[C@](O)(CC(C)C)C[C@@H](C(=C)C)C1. The van der Waals surface area contributed by atoms with Crippen LogP contribution < -0.4 is 0 Å². The molecule has 0 spiro atoms. The molecule has 0 saturated carbocycles. The van der Waals surface area contributed by atoms with E-state index in [1.165, 1.54) is 11.1 Å². The molecular formula is C17H28O. The van der Waals surface area contributed by atoms with Gasteiger partial charge in [0.25, 0.3) is 0 Å². The number of hydrogen-bond donors (Lipinski definition) is 1. The molecule has 1 aliphatic carbocycles. The summed E-state index contributed by atoms with van der Waals surface area (Å²) in [6.45, 7) is 18.6. The van der Waals surface area contributed by atoms with Gasteiger partial charge < -0.3 is 5.11 Å². The monoisotopic (exact) mass is 248 g/mol. The predicted octanol–water partition coefficient (Wildman–Crippen LogP) is 4.64. The zero-order valence-corrected chi connectivity index (χ0v) is 12.6. The number of allylic oxidation sites excluding steroid dienone is 3. The van der Waals surface area contributed by atoms with E-state index < -0.39 is 5.60 Å². The van der Waals surface area contributed by atoms with Gasteiger partial charge in [0.2, 0.25) is 0 Å². The number of hydrogen-bond acceptors (Lipinski definition) is 1. The molecule has 0 aromatic rings. The van der Waals surface area contributed by atoms with Crippen LogP contribution in [0.4, 0.5) is 0 Å². The van der Waals surface area contributed by atoms with Gasteiger partial charge in [-0.05, 0) is 63.0 Å². The van der Waals surface area contributed by atoms with Gasteiger partial charge in [-0.3, -0.25) is 0 Å². The third-order valence-corrected chi connectivity index (χ3v) is 4.14. The van der Waals surface area contributed by atoms with Crippen LogP contribution in [0.2, 0.25) is 0 Å². The van der Waals surface area contributed by atoms with Gasteiger partial charge in [0.05, 0.1) is 5.60 Å². The highest BCUT2D eigenvalue weighted by Gasteiger charge is 2.39. The molecule has 1 rings (SSSR count). The predicted molar refractivity (Wildman–Crippen MR) is 79.5 cm³/mol. The Morgan fingerprint density at radius 2 is 1.94 bits per heavy atom. The van der Waals surface area contributed by atoms with E-state index in [4.69, 9.17) is 0 Å². The van der Waals surface area contributed by atoms with E-state index in [0.717, 1.165) is 30.4 Å². The van der Waals surface area contributed by atoms with E-state index in [2.05, 4.69) is 40.9 Å². The smallest absolute Gasteiger partial charge is 0.0868 e. The van der Waals surface area contributed by atoms with Gasteiger partial charge in [-0.15, -0.1) is 0 Å². The molecule has 1 nitrogen and oxygen atoms in total. The van der Waals surface area contributed by atoms with Crippen molar-refractivity contribution in [1.82, 2.24) is 0 Å². The Kier molecular flexibility index (Phi) is 4.61. The van der Waals surface area contributed by atoms with E-state index in [-0.39, 0.29) is 0 Å². The first-order valence-corrected chi connectivity index (χ1v) is 6.91. The molecule has 0 heterocycles. The van der Waals surface area contributed by atoms with E-state index in [1.807, 2.05) is 6.92 Å². The quantitative estimate of drug-likeness (QED) is 0.718.